The summed E-state index contributed by atoms with van der Waals surface area (Å²) in [5, 5.41) is 1.15. The number of nitrogens with zero attached hydrogens (tertiary/aromatic N) is 1. The minimum Gasteiger partial charge on any atom is -0.494 e. The van der Waals surface area contributed by atoms with E-state index in [0.717, 1.165) is 36.3 Å². The molecule has 0 N–H and O–H groups in total. The van der Waals surface area contributed by atoms with Crippen LogP contribution in [0.15, 0.2) is 85.1 Å². The van der Waals surface area contributed by atoms with E-state index < -0.39 is 0 Å². The number of benzene rings is 3. The van der Waals surface area contributed by atoms with E-state index in [1.807, 2.05) is 24.3 Å². The molecule has 3 nitrogen and oxygen atoms in total. The van der Waals surface area contributed by atoms with Crippen LogP contribution in [0, 0.1) is 0 Å². The lowest BCUT2D eigenvalue weighted by Gasteiger charge is -2.10. The molecule has 4 rings (SSSR count). The van der Waals surface area contributed by atoms with Crippen molar-refractivity contribution in [1.82, 2.24) is 4.57 Å². The van der Waals surface area contributed by atoms with Gasteiger partial charge in [-0.05, 0) is 54.3 Å². The average Bonchev–Trinajstić information content (AvgIpc) is 3.20. The molecule has 0 radical (unpaired) electrons. The number of hydrogen-bond donors (Lipinski definition) is 0. The van der Waals surface area contributed by atoms with Crippen molar-refractivity contribution in [2.45, 2.75) is 32.9 Å². The Bertz CT molecular complexity index is 1040. The summed E-state index contributed by atoms with van der Waals surface area (Å²) in [7, 11) is 0. The normalized spacial score (nSPS) is 10.9. The maximum absolute atomic E-state index is 6.08. The Balaban J connectivity index is 1.34. The van der Waals surface area contributed by atoms with E-state index in [4.69, 9.17) is 9.47 Å². The summed E-state index contributed by atoms with van der Waals surface area (Å²) in [6.07, 6.45) is 4.14. The largest absolute Gasteiger partial charge is 0.494 e. The van der Waals surface area contributed by atoms with Gasteiger partial charge >= 0.3 is 0 Å². The molecule has 3 aromatic carbocycles. The Labute approximate surface area is 172 Å². The molecule has 0 atom stereocenters. The lowest BCUT2D eigenvalue weighted by atomic mass is 10.2. The third-order valence-electron chi connectivity index (χ3n) is 5.15. The summed E-state index contributed by atoms with van der Waals surface area (Å²) in [6.45, 7) is 4.36. The number of hydrogen-bond acceptors (Lipinski definition) is 2. The molecular formula is C26H27NO2. The van der Waals surface area contributed by atoms with Gasteiger partial charge in [0, 0.05) is 18.1 Å². The molecule has 0 saturated carbocycles. The summed E-state index contributed by atoms with van der Waals surface area (Å²) < 4.78 is 14.2. The first-order chi connectivity index (χ1) is 14.3. The van der Waals surface area contributed by atoms with E-state index in [9.17, 15) is 0 Å². The highest BCUT2D eigenvalue weighted by atomic mass is 16.5. The van der Waals surface area contributed by atoms with Crippen LogP contribution < -0.4 is 9.47 Å². The van der Waals surface area contributed by atoms with Crippen LogP contribution in [0.1, 0.15) is 24.5 Å². The summed E-state index contributed by atoms with van der Waals surface area (Å²) in [4.78, 5) is 0. The van der Waals surface area contributed by atoms with Crippen molar-refractivity contribution in [3.63, 3.8) is 0 Å². The lowest BCUT2D eigenvalue weighted by Crippen LogP contribution is -2.04. The molecule has 1 heterocycles. The Kier molecular flexibility index (Phi) is 6.16. The second kappa shape index (κ2) is 9.33. The Morgan fingerprint density at radius 1 is 0.759 bits per heavy atom. The second-order valence-corrected chi connectivity index (χ2v) is 7.17. The highest BCUT2D eigenvalue weighted by Crippen LogP contribution is 2.27. The van der Waals surface area contributed by atoms with Crippen LogP contribution in [0.2, 0.25) is 0 Å². The first kappa shape index (κ1) is 19.1. The molecule has 0 bridgehead atoms. The molecular weight excluding hydrogens is 358 g/mol. The van der Waals surface area contributed by atoms with Gasteiger partial charge in [-0.1, -0.05) is 55.5 Å². The minimum absolute atomic E-state index is 0.579. The van der Waals surface area contributed by atoms with Gasteiger partial charge in [0.05, 0.1) is 12.1 Å². The van der Waals surface area contributed by atoms with Crippen molar-refractivity contribution in [1.29, 1.82) is 0 Å². The standard InChI is InChI=1S/C26H27NO2/c1-2-21-12-14-23(15-13-21)28-19-7-17-27-18-16-24-25(27)10-6-11-26(24)29-20-22-8-4-3-5-9-22/h3-6,8-16,18H,2,7,17,19-20H2,1H3. The summed E-state index contributed by atoms with van der Waals surface area (Å²) in [5.74, 6) is 1.87. The molecule has 148 valence electrons. The van der Waals surface area contributed by atoms with Gasteiger partial charge in [0.1, 0.15) is 18.1 Å². The fourth-order valence-corrected chi connectivity index (χ4v) is 3.50. The van der Waals surface area contributed by atoms with Crippen LogP contribution in [-0.2, 0) is 19.6 Å². The van der Waals surface area contributed by atoms with Crippen LogP contribution in [0.5, 0.6) is 11.5 Å². The molecule has 3 heteroatoms. The van der Waals surface area contributed by atoms with E-state index in [1.54, 1.807) is 0 Å². The van der Waals surface area contributed by atoms with Gasteiger partial charge in [-0.3, -0.25) is 0 Å². The molecule has 0 unspecified atom stereocenters. The molecule has 0 aliphatic rings. The van der Waals surface area contributed by atoms with Gasteiger partial charge in [0.15, 0.2) is 0 Å². The van der Waals surface area contributed by atoms with Crippen LogP contribution in [0.3, 0.4) is 0 Å². The molecule has 0 aliphatic carbocycles. The summed E-state index contributed by atoms with van der Waals surface area (Å²) in [5.41, 5.74) is 3.71. The first-order valence-corrected chi connectivity index (χ1v) is 10.3. The predicted octanol–water partition coefficient (Wildman–Crippen LogP) is 6.25. The van der Waals surface area contributed by atoms with Gasteiger partial charge < -0.3 is 14.0 Å². The molecule has 0 amide bonds. The number of ether oxygens (including phenoxy) is 2. The van der Waals surface area contributed by atoms with Crippen LogP contribution >= 0.6 is 0 Å². The van der Waals surface area contributed by atoms with Crippen molar-refractivity contribution in [3.05, 3.63) is 96.2 Å². The van der Waals surface area contributed by atoms with E-state index in [-0.39, 0.29) is 0 Å². The topological polar surface area (TPSA) is 23.4 Å². The predicted molar refractivity (Wildman–Crippen MR) is 119 cm³/mol. The number of aromatic nitrogens is 1. The number of rotatable bonds is 9. The maximum Gasteiger partial charge on any atom is 0.129 e. The van der Waals surface area contributed by atoms with Gasteiger partial charge in [-0.2, -0.15) is 0 Å². The van der Waals surface area contributed by atoms with Crippen molar-refractivity contribution in [2.75, 3.05) is 6.61 Å². The van der Waals surface area contributed by atoms with Gasteiger partial charge in [-0.25, -0.2) is 0 Å². The molecule has 4 aromatic rings. The van der Waals surface area contributed by atoms with Crippen LogP contribution in [0.4, 0.5) is 0 Å². The van der Waals surface area contributed by atoms with E-state index >= 15 is 0 Å². The van der Waals surface area contributed by atoms with E-state index in [0.29, 0.717) is 13.2 Å². The number of fused-ring (bicyclic) bond motifs is 1. The highest BCUT2D eigenvalue weighted by molar-refractivity contribution is 5.86. The zero-order valence-electron chi connectivity index (χ0n) is 16.9. The van der Waals surface area contributed by atoms with Crippen LogP contribution in [-0.4, -0.2) is 11.2 Å². The lowest BCUT2D eigenvalue weighted by molar-refractivity contribution is 0.302. The Morgan fingerprint density at radius 3 is 2.38 bits per heavy atom. The highest BCUT2D eigenvalue weighted by Gasteiger charge is 2.07. The van der Waals surface area contributed by atoms with Gasteiger partial charge in [0.2, 0.25) is 0 Å². The quantitative estimate of drug-likeness (QED) is 0.318. The van der Waals surface area contributed by atoms with Crippen molar-refractivity contribution in [3.8, 4) is 11.5 Å². The molecule has 0 aliphatic heterocycles. The third kappa shape index (κ3) is 4.80. The Morgan fingerprint density at radius 2 is 1.59 bits per heavy atom. The molecule has 0 fully saturated rings. The Hall–Kier alpha value is -3.20. The smallest absolute Gasteiger partial charge is 0.129 e. The summed E-state index contributed by atoms with van der Waals surface area (Å²) >= 11 is 0. The van der Waals surface area contributed by atoms with Crippen LogP contribution in [0.25, 0.3) is 10.9 Å². The van der Waals surface area contributed by atoms with E-state index in [2.05, 4.69) is 72.3 Å². The fourth-order valence-electron chi connectivity index (χ4n) is 3.50. The molecule has 0 spiro atoms. The van der Waals surface area contributed by atoms with Crippen molar-refractivity contribution < 1.29 is 9.47 Å². The third-order valence-corrected chi connectivity index (χ3v) is 5.15. The monoisotopic (exact) mass is 385 g/mol. The second-order valence-electron chi connectivity index (χ2n) is 7.17. The van der Waals surface area contributed by atoms with Crippen molar-refractivity contribution in [2.24, 2.45) is 0 Å². The SMILES string of the molecule is CCc1ccc(OCCCn2ccc3c(OCc4ccccc4)cccc32)cc1. The fraction of sp³-hybridized carbons (Fsp3) is 0.231. The zero-order chi connectivity index (χ0) is 19.9. The number of aryl methyl sites for hydroxylation is 2. The maximum atomic E-state index is 6.08. The summed E-state index contributed by atoms with van der Waals surface area (Å²) in [6, 6.07) is 27.0. The molecule has 0 saturated heterocycles. The van der Waals surface area contributed by atoms with Gasteiger partial charge in [0.25, 0.3) is 0 Å². The van der Waals surface area contributed by atoms with Gasteiger partial charge in [-0.15, -0.1) is 0 Å². The van der Waals surface area contributed by atoms with E-state index in [1.165, 1.54) is 16.6 Å². The molecule has 29 heavy (non-hydrogen) atoms. The average molecular weight is 386 g/mol. The zero-order valence-corrected chi connectivity index (χ0v) is 16.9. The molecule has 1 aromatic heterocycles. The first-order valence-electron chi connectivity index (χ1n) is 10.3. The minimum atomic E-state index is 0.579. The van der Waals surface area contributed by atoms with Crippen molar-refractivity contribution >= 4 is 10.9 Å².